The topological polar surface area (TPSA) is 59.6 Å². The van der Waals surface area contributed by atoms with Crippen LogP contribution in [-0.2, 0) is 9.47 Å². The Morgan fingerprint density at radius 1 is 1.40 bits per heavy atom. The molecule has 1 amide bonds. The van der Waals surface area contributed by atoms with Crippen molar-refractivity contribution in [3.8, 4) is 0 Å². The van der Waals surface area contributed by atoms with Crippen LogP contribution in [0.4, 0.5) is 4.79 Å². The highest BCUT2D eigenvalue weighted by atomic mass is 16.5. The molecule has 0 aromatic heterocycles. The maximum atomic E-state index is 10.9. The summed E-state index contributed by atoms with van der Waals surface area (Å²) in [5.74, 6) is 0. The quantitative estimate of drug-likeness (QED) is 0.590. The highest BCUT2D eigenvalue weighted by molar-refractivity contribution is 5.66. The lowest BCUT2D eigenvalue weighted by atomic mass is 10.3. The molecule has 5 heteroatoms. The molecule has 0 radical (unpaired) electrons. The summed E-state index contributed by atoms with van der Waals surface area (Å²) in [5.41, 5.74) is 0. The molecule has 5 nitrogen and oxygen atoms in total. The number of nitrogens with one attached hydrogen (secondary N) is 2. The molecular weight excluding hydrogens is 196 g/mol. The van der Waals surface area contributed by atoms with Crippen LogP contribution in [-0.4, -0.2) is 45.5 Å². The zero-order valence-electron chi connectivity index (χ0n) is 9.84. The van der Waals surface area contributed by atoms with Gasteiger partial charge in [-0.2, -0.15) is 0 Å². The van der Waals surface area contributed by atoms with Crippen molar-refractivity contribution in [2.75, 3.05) is 33.4 Å². The third kappa shape index (κ3) is 9.49. The monoisotopic (exact) mass is 218 g/mol. The Labute approximate surface area is 91.5 Å². The fourth-order valence-electron chi connectivity index (χ4n) is 1.03. The zero-order chi connectivity index (χ0) is 11.5. The van der Waals surface area contributed by atoms with Crippen molar-refractivity contribution >= 4 is 6.09 Å². The van der Waals surface area contributed by atoms with Crippen molar-refractivity contribution in [1.82, 2.24) is 10.6 Å². The molecule has 0 rings (SSSR count). The minimum absolute atomic E-state index is 0.210. The Kier molecular flexibility index (Phi) is 9.21. The molecular formula is C10H22N2O3. The maximum Gasteiger partial charge on any atom is 0.407 e. The molecule has 0 fully saturated rings. The van der Waals surface area contributed by atoms with Crippen molar-refractivity contribution in [3.05, 3.63) is 0 Å². The first-order chi connectivity index (χ1) is 7.20. The summed E-state index contributed by atoms with van der Waals surface area (Å²) in [6.45, 7) is 6.13. The van der Waals surface area contributed by atoms with Crippen LogP contribution >= 0.6 is 0 Å². The van der Waals surface area contributed by atoms with E-state index in [4.69, 9.17) is 9.47 Å². The SMILES string of the molecule is CCOC(=O)NCCOC(C)CCNC. The summed E-state index contributed by atoms with van der Waals surface area (Å²) in [6, 6.07) is 0. The molecule has 0 bridgehead atoms. The lowest BCUT2D eigenvalue weighted by molar-refractivity contribution is 0.0613. The summed E-state index contributed by atoms with van der Waals surface area (Å²) in [7, 11) is 1.91. The average Bonchev–Trinajstić information content (AvgIpc) is 2.22. The van der Waals surface area contributed by atoms with E-state index in [1.807, 2.05) is 14.0 Å². The lowest BCUT2D eigenvalue weighted by Gasteiger charge is -2.12. The predicted octanol–water partition coefficient (Wildman–Crippen LogP) is 0.747. The number of hydrogen-bond acceptors (Lipinski definition) is 4. The summed E-state index contributed by atoms with van der Waals surface area (Å²) < 4.78 is 10.2. The van der Waals surface area contributed by atoms with Crippen molar-refractivity contribution in [1.29, 1.82) is 0 Å². The molecule has 0 heterocycles. The smallest absolute Gasteiger partial charge is 0.407 e. The van der Waals surface area contributed by atoms with E-state index in [0.717, 1.165) is 13.0 Å². The van der Waals surface area contributed by atoms with Gasteiger partial charge in [0.2, 0.25) is 0 Å². The molecule has 1 atom stereocenters. The normalized spacial score (nSPS) is 12.2. The van der Waals surface area contributed by atoms with Crippen LogP contribution in [0.15, 0.2) is 0 Å². The van der Waals surface area contributed by atoms with Crippen LogP contribution in [0.25, 0.3) is 0 Å². The average molecular weight is 218 g/mol. The van der Waals surface area contributed by atoms with Gasteiger partial charge in [-0.15, -0.1) is 0 Å². The standard InChI is InChI=1S/C10H22N2O3/c1-4-14-10(13)12-7-8-15-9(2)5-6-11-3/h9,11H,4-8H2,1-3H3,(H,12,13). The summed E-state index contributed by atoms with van der Waals surface area (Å²) in [6.07, 6.45) is 0.793. The number of alkyl carbamates (subject to hydrolysis) is 1. The highest BCUT2D eigenvalue weighted by Gasteiger charge is 2.02. The van der Waals surface area contributed by atoms with E-state index in [9.17, 15) is 4.79 Å². The number of ether oxygens (including phenoxy) is 2. The maximum absolute atomic E-state index is 10.9. The van der Waals surface area contributed by atoms with E-state index < -0.39 is 0 Å². The van der Waals surface area contributed by atoms with E-state index in [2.05, 4.69) is 10.6 Å². The van der Waals surface area contributed by atoms with Gasteiger partial charge in [-0.05, 0) is 33.9 Å². The number of hydrogen-bond donors (Lipinski definition) is 2. The first-order valence-electron chi connectivity index (χ1n) is 5.37. The van der Waals surface area contributed by atoms with Crippen LogP contribution in [0.3, 0.4) is 0 Å². The number of amides is 1. The molecule has 15 heavy (non-hydrogen) atoms. The molecule has 1 unspecified atom stereocenters. The van der Waals surface area contributed by atoms with E-state index in [-0.39, 0.29) is 12.2 Å². The minimum atomic E-state index is -0.385. The van der Waals surface area contributed by atoms with Gasteiger partial charge in [0.05, 0.1) is 19.3 Å². The van der Waals surface area contributed by atoms with Gasteiger partial charge in [0.1, 0.15) is 0 Å². The van der Waals surface area contributed by atoms with Crippen LogP contribution in [0.1, 0.15) is 20.3 Å². The Bertz CT molecular complexity index is 165. The van der Waals surface area contributed by atoms with Crippen LogP contribution in [0.2, 0.25) is 0 Å². The van der Waals surface area contributed by atoms with Crippen LogP contribution in [0.5, 0.6) is 0 Å². The Morgan fingerprint density at radius 3 is 2.73 bits per heavy atom. The molecule has 2 N–H and O–H groups in total. The van der Waals surface area contributed by atoms with E-state index in [0.29, 0.717) is 19.8 Å². The molecule has 0 saturated heterocycles. The second kappa shape index (κ2) is 9.73. The molecule has 90 valence electrons. The van der Waals surface area contributed by atoms with Crippen LogP contribution in [0, 0.1) is 0 Å². The van der Waals surface area contributed by atoms with Gasteiger partial charge in [-0.1, -0.05) is 0 Å². The van der Waals surface area contributed by atoms with Gasteiger partial charge in [0.25, 0.3) is 0 Å². The first kappa shape index (κ1) is 14.2. The Morgan fingerprint density at radius 2 is 2.13 bits per heavy atom. The molecule has 0 spiro atoms. The van der Waals surface area contributed by atoms with Crippen LogP contribution < -0.4 is 10.6 Å². The zero-order valence-corrected chi connectivity index (χ0v) is 9.84. The minimum Gasteiger partial charge on any atom is -0.450 e. The Hall–Kier alpha value is -0.810. The second-order valence-electron chi connectivity index (χ2n) is 3.22. The third-order valence-electron chi connectivity index (χ3n) is 1.85. The van der Waals surface area contributed by atoms with Crippen molar-refractivity contribution in [3.63, 3.8) is 0 Å². The molecule has 0 aliphatic heterocycles. The third-order valence-corrected chi connectivity index (χ3v) is 1.85. The summed E-state index contributed by atoms with van der Waals surface area (Å²) in [4.78, 5) is 10.9. The summed E-state index contributed by atoms with van der Waals surface area (Å²) >= 11 is 0. The molecule has 0 aliphatic carbocycles. The van der Waals surface area contributed by atoms with Gasteiger partial charge in [-0.25, -0.2) is 4.79 Å². The molecule has 0 aromatic rings. The number of carbonyl (C=O) groups excluding carboxylic acids is 1. The van der Waals surface area contributed by atoms with Crippen molar-refractivity contribution in [2.45, 2.75) is 26.4 Å². The van der Waals surface area contributed by atoms with E-state index >= 15 is 0 Å². The summed E-state index contributed by atoms with van der Waals surface area (Å²) in [5, 5.41) is 5.65. The predicted molar refractivity (Wildman–Crippen MR) is 59.0 cm³/mol. The molecule has 0 aliphatic rings. The van der Waals surface area contributed by atoms with Gasteiger partial charge >= 0.3 is 6.09 Å². The van der Waals surface area contributed by atoms with E-state index in [1.54, 1.807) is 6.92 Å². The lowest BCUT2D eigenvalue weighted by Crippen LogP contribution is -2.29. The van der Waals surface area contributed by atoms with E-state index in [1.165, 1.54) is 0 Å². The molecule has 0 saturated carbocycles. The van der Waals surface area contributed by atoms with Gasteiger partial charge in [0, 0.05) is 6.54 Å². The van der Waals surface area contributed by atoms with Gasteiger partial charge in [-0.3, -0.25) is 0 Å². The van der Waals surface area contributed by atoms with Crippen molar-refractivity contribution < 1.29 is 14.3 Å². The number of rotatable bonds is 8. The number of carbonyl (C=O) groups is 1. The Balaban J connectivity index is 3.26. The van der Waals surface area contributed by atoms with Gasteiger partial charge in [0.15, 0.2) is 0 Å². The van der Waals surface area contributed by atoms with Gasteiger partial charge < -0.3 is 20.1 Å². The van der Waals surface area contributed by atoms with Crippen molar-refractivity contribution in [2.24, 2.45) is 0 Å². The highest BCUT2D eigenvalue weighted by Crippen LogP contribution is 1.94. The second-order valence-corrected chi connectivity index (χ2v) is 3.22. The molecule has 0 aromatic carbocycles. The first-order valence-corrected chi connectivity index (χ1v) is 5.37. The fraction of sp³-hybridized carbons (Fsp3) is 0.900. The fourth-order valence-corrected chi connectivity index (χ4v) is 1.03. The largest absolute Gasteiger partial charge is 0.450 e.